The molecule has 1 rings (SSSR count). The molecule has 1 aliphatic heterocycles. The quantitative estimate of drug-likeness (QED) is 0.633. The van der Waals surface area contributed by atoms with Gasteiger partial charge in [-0.15, -0.1) is 0 Å². The SMILES string of the molecule is COCCNCCN1CCCC(N(C)C)C1. The van der Waals surface area contributed by atoms with E-state index in [1.807, 2.05) is 0 Å². The molecule has 1 unspecified atom stereocenters. The lowest BCUT2D eigenvalue weighted by atomic mass is 10.1. The smallest absolute Gasteiger partial charge is 0.0587 e. The third-order valence-corrected chi connectivity index (χ3v) is 3.30. The first-order chi connectivity index (χ1) is 7.74. The Labute approximate surface area is 99.9 Å². The average Bonchev–Trinajstić information content (AvgIpc) is 2.29. The molecular formula is C12H27N3O. The van der Waals surface area contributed by atoms with Crippen LogP contribution in [0.25, 0.3) is 0 Å². The van der Waals surface area contributed by atoms with Crippen LogP contribution in [-0.2, 0) is 4.74 Å². The Morgan fingerprint density at radius 1 is 1.38 bits per heavy atom. The highest BCUT2D eigenvalue weighted by atomic mass is 16.5. The minimum atomic E-state index is 0.743. The zero-order valence-electron chi connectivity index (χ0n) is 11.0. The Morgan fingerprint density at radius 2 is 2.19 bits per heavy atom. The fourth-order valence-electron chi connectivity index (χ4n) is 2.19. The molecule has 0 aromatic rings. The van der Waals surface area contributed by atoms with E-state index in [0.29, 0.717) is 0 Å². The molecule has 0 spiro atoms. The zero-order valence-corrected chi connectivity index (χ0v) is 11.0. The third kappa shape index (κ3) is 5.25. The molecule has 0 radical (unpaired) electrons. The van der Waals surface area contributed by atoms with Crippen molar-refractivity contribution >= 4 is 0 Å². The highest BCUT2D eigenvalue weighted by Crippen LogP contribution is 2.12. The van der Waals surface area contributed by atoms with Crippen LogP contribution in [0.5, 0.6) is 0 Å². The summed E-state index contributed by atoms with van der Waals surface area (Å²) in [4.78, 5) is 4.92. The summed E-state index contributed by atoms with van der Waals surface area (Å²) >= 11 is 0. The maximum atomic E-state index is 5.00. The van der Waals surface area contributed by atoms with E-state index in [1.54, 1.807) is 7.11 Å². The molecule has 4 nitrogen and oxygen atoms in total. The summed E-state index contributed by atoms with van der Waals surface area (Å²) < 4.78 is 5.00. The molecule has 0 saturated carbocycles. The Bertz CT molecular complexity index is 176. The van der Waals surface area contributed by atoms with E-state index in [9.17, 15) is 0 Å². The minimum Gasteiger partial charge on any atom is -0.383 e. The number of hydrogen-bond donors (Lipinski definition) is 1. The topological polar surface area (TPSA) is 27.7 Å². The van der Waals surface area contributed by atoms with Crippen LogP contribution in [0, 0.1) is 0 Å². The number of piperidine rings is 1. The zero-order chi connectivity index (χ0) is 11.8. The van der Waals surface area contributed by atoms with Crippen molar-refractivity contribution in [2.45, 2.75) is 18.9 Å². The van der Waals surface area contributed by atoms with Crippen LogP contribution in [0.4, 0.5) is 0 Å². The van der Waals surface area contributed by atoms with Gasteiger partial charge in [-0.1, -0.05) is 0 Å². The van der Waals surface area contributed by atoms with Crippen molar-refractivity contribution in [3.8, 4) is 0 Å². The molecule has 1 fully saturated rings. The molecule has 1 saturated heterocycles. The predicted octanol–water partition coefficient (Wildman–Crippen LogP) is 0.248. The number of nitrogens with zero attached hydrogens (tertiary/aromatic N) is 2. The number of rotatable bonds is 7. The number of ether oxygens (including phenoxy) is 1. The second-order valence-corrected chi connectivity index (χ2v) is 4.80. The highest BCUT2D eigenvalue weighted by Gasteiger charge is 2.20. The molecule has 96 valence electrons. The lowest BCUT2D eigenvalue weighted by Gasteiger charge is -2.36. The highest BCUT2D eigenvalue weighted by molar-refractivity contribution is 4.78. The van der Waals surface area contributed by atoms with Crippen LogP contribution in [0.15, 0.2) is 0 Å². The van der Waals surface area contributed by atoms with Crippen molar-refractivity contribution in [3.63, 3.8) is 0 Å². The molecule has 1 aliphatic rings. The Hall–Kier alpha value is -0.160. The van der Waals surface area contributed by atoms with E-state index in [1.165, 1.54) is 25.9 Å². The number of nitrogens with one attached hydrogen (secondary N) is 1. The van der Waals surface area contributed by atoms with Gasteiger partial charge in [0.2, 0.25) is 0 Å². The maximum absolute atomic E-state index is 5.00. The van der Waals surface area contributed by atoms with Crippen LogP contribution in [0.1, 0.15) is 12.8 Å². The van der Waals surface area contributed by atoms with Gasteiger partial charge in [0.05, 0.1) is 6.61 Å². The average molecular weight is 229 g/mol. The molecule has 0 bridgehead atoms. The van der Waals surface area contributed by atoms with Gasteiger partial charge in [-0.2, -0.15) is 0 Å². The number of likely N-dealkylation sites (N-methyl/N-ethyl adjacent to an activating group) is 1. The molecule has 0 aromatic carbocycles. The Balaban J connectivity index is 2.07. The van der Waals surface area contributed by atoms with Gasteiger partial charge in [0, 0.05) is 39.3 Å². The fraction of sp³-hybridized carbons (Fsp3) is 1.00. The van der Waals surface area contributed by atoms with Crippen molar-refractivity contribution in [1.82, 2.24) is 15.1 Å². The molecule has 0 amide bonds. The molecule has 1 N–H and O–H groups in total. The van der Waals surface area contributed by atoms with Gasteiger partial charge in [-0.3, -0.25) is 0 Å². The first-order valence-corrected chi connectivity index (χ1v) is 6.32. The number of methoxy groups -OCH3 is 1. The minimum absolute atomic E-state index is 0.743. The molecule has 4 heteroatoms. The van der Waals surface area contributed by atoms with Gasteiger partial charge in [0.15, 0.2) is 0 Å². The van der Waals surface area contributed by atoms with E-state index >= 15 is 0 Å². The first kappa shape index (κ1) is 13.9. The maximum Gasteiger partial charge on any atom is 0.0587 e. The summed E-state index contributed by atoms with van der Waals surface area (Å²) in [6.07, 6.45) is 2.68. The summed E-state index contributed by atoms with van der Waals surface area (Å²) in [6.45, 7) is 6.48. The van der Waals surface area contributed by atoms with Crippen molar-refractivity contribution in [2.24, 2.45) is 0 Å². The van der Waals surface area contributed by atoms with Gasteiger partial charge in [0.25, 0.3) is 0 Å². The molecule has 0 aromatic heterocycles. The van der Waals surface area contributed by atoms with Crippen LogP contribution in [-0.4, -0.2) is 76.4 Å². The summed E-state index contributed by atoms with van der Waals surface area (Å²) in [5.74, 6) is 0. The van der Waals surface area contributed by atoms with Gasteiger partial charge < -0.3 is 19.9 Å². The largest absolute Gasteiger partial charge is 0.383 e. The van der Waals surface area contributed by atoms with Crippen LogP contribution >= 0.6 is 0 Å². The fourth-order valence-corrected chi connectivity index (χ4v) is 2.19. The van der Waals surface area contributed by atoms with Gasteiger partial charge >= 0.3 is 0 Å². The Kier molecular flexibility index (Phi) is 6.96. The second kappa shape index (κ2) is 8.01. The monoisotopic (exact) mass is 229 g/mol. The van der Waals surface area contributed by atoms with Crippen LogP contribution < -0.4 is 5.32 Å². The van der Waals surface area contributed by atoms with E-state index < -0.39 is 0 Å². The molecular weight excluding hydrogens is 202 g/mol. The third-order valence-electron chi connectivity index (χ3n) is 3.30. The van der Waals surface area contributed by atoms with Crippen LogP contribution in [0.2, 0.25) is 0 Å². The van der Waals surface area contributed by atoms with Crippen molar-refractivity contribution in [1.29, 1.82) is 0 Å². The van der Waals surface area contributed by atoms with Gasteiger partial charge in [-0.05, 0) is 33.5 Å². The summed E-state index contributed by atoms with van der Waals surface area (Å²) in [7, 11) is 6.12. The van der Waals surface area contributed by atoms with Crippen LogP contribution in [0.3, 0.4) is 0 Å². The summed E-state index contributed by atoms with van der Waals surface area (Å²) in [5, 5.41) is 3.40. The molecule has 1 atom stereocenters. The van der Waals surface area contributed by atoms with E-state index in [-0.39, 0.29) is 0 Å². The van der Waals surface area contributed by atoms with Crippen molar-refractivity contribution in [3.05, 3.63) is 0 Å². The molecule has 16 heavy (non-hydrogen) atoms. The summed E-state index contributed by atoms with van der Waals surface area (Å²) in [5.41, 5.74) is 0. The molecule has 1 heterocycles. The number of likely N-dealkylation sites (tertiary alicyclic amines) is 1. The van der Waals surface area contributed by atoms with Gasteiger partial charge in [0.1, 0.15) is 0 Å². The standard InChI is InChI=1S/C12H27N3O/c1-14(2)12-5-4-8-15(11-12)9-6-13-7-10-16-3/h12-13H,4-11H2,1-3H3. The predicted molar refractivity (Wildman–Crippen MR) is 67.9 cm³/mol. The second-order valence-electron chi connectivity index (χ2n) is 4.80. The number of hydrogen-bond acceptors (Lipinski definition) is 4. The molecule has 0 aliphatic carbocycles. The van der Waals surface area contributed by atoms with Crippen molar-refractivity contribution < 1.29 is 4.74 Å². The van der Waals surface area contributed by atoms with E-state index in [4.69, 9.17) is 4.74 Å². The van der Waals surface area contributed by atoms with Gasteiger partial charge in [-0.25, -0.2) is 0 Å². The van der Waals surface area contributed by atoms with Crippen molar-refractivity contribution in [2.75, 3.05) is 60.5 Å². The summed E-state index contributed by atoms with van der Waals surface area (Å²) in [6, 6.07) is 0.743. The lowest BCUT2D eigenvalue weighted by molar-refractivity contribution is 0.132. The first-order valence-electron chi connectivity index (χ1n) is 6.32. The lowest BCUT2D eigenvalue weighted by Crippen LogP contribution is -2.47. The Morgan fingerprint density at radius 3 is 2.88 bits per heavy atom. The normalized spacial score (nSPS) is 22.9. The van der Waals surface area contributed by atoms with E-state index in [2.05, 4.69) is 29.2 Å². The van der Waals surface area contributed by atoms with E-state index in [0.717, 1.165) is 32.3 Å².